The smallest absolute Gasteiger partial charge is 0.252 e. The van der Waals surface area contributed by atoms with Crippen molar-refractivity contribution in [2.75, 3.05) is 11.9 Å². The first-order valence-corrected chi connectivity index (χ1v) is 7.15. The minimum Gasteiger partial charge on any atom is -0.467 e. The average Bonchev–Trinajstić information content (AvgIpc) is 2.98. The van der Waals surface area contributed by atoms with E-state index >= 15 is 0 Å². The molecule has 0 aromatic carbocycles. The highest BCUT2D eigenvalue weighted by Gasteiger charge is 2.06. The summed E-state index contributed by atoms with van der Waals surface area (Å²) in [6.07, 6.45) is 4.19. The van der Waals surface area contributed by atoms with Crippen LogP contribution in [-0.4, -0.2) is 17.4 Å². The average molecular weight is 287 g/mol. The minimum atomic E-state index is -0.0827. The molecule has 2 heterocycles. The van der Waals surface area contributed by atoms with Crippen molar-refractivity contribution >= 4 is 11.7 Å². The maximum absolute atomic E-state index is 11.9. The Labute approximate surface area is 124 Å². The van der Waals surface area contributed by atoms with Crippen LogP contribution in [0.4, 0.5) is 5.82 Å². The highest BCUT2D eigenvalue weighted by atomic mass is 16.3. The summed E-state index contributed by atoms with van der Waals surface area (Å²) in [4.78, 5) is 16.1. The lowest BCUT2D eigenvalue weighted by Crippen LogP contribution is -2.25. The number of pyridine rings is 1. The van der Waals surface area contributed by atoms with E-state index < -0.39 is 0 Å². The number of hydrogen-bond acceptors (Lipinski definition) is 4. The molecule has 0 spiro atoms. The highest BCUT2D eigenvalue weighted by molar-refractivity contribution is 5.94. The van der Waals surface area contributed by atoms with E-state index in [-0.39, 0.29) is 5.91 Å². The molecular weight excluding hydrogens is 266 g/mol. The van der Waals surface area contributed by atoms with E-state index in [4.69, 9.17) is 4.42 Å². The van der Waals surface area contributed by atoms with Crippen LogP contribution in [0, 0.1) is 5.92 Å². The Kier molecular flexibility index (Phi) is 5.37. The predicted octanol–water partition coefficient (Wildman–Crippen LogP) is 3.06. The summed E-state index contributed by atoms with van der Waals surface area (Å²) in [7, 11) is 0. The Morgan fingerprint density at radius 2 is 2.19 bits per heavy atom. The lowest BCUT2D eigenvalue weighted by atomic mass is 10.1. The zero-order chi connectivity index (χ0) is 15.1. The second-order valence-corrected chi connectivity index (χ2v) is 5.30. The standard InChI is InChI=1S/C16H21N3O2/c1-12(2)7-8-17-16(20)13-5-6-15(18-10-13)19-11-14-4-3-9-21-14/h3-6,9-10,12H,7-8,11H2,1-2H3,(H,17,20)(H,18,19). The predicted molar refractivity (Wildman–Crippen MR) is 82.1 cm³/mol. The topological polar surface area (TPSA) is 67.2 Å². The van der Waals surface area contributed by atoms with Crippen LogP contribution in [0.15, 0.2) is 41.1 Å². The van der Waals surface area contributed by atoms with Crippen LogP contribution >= 0.6 is 0 Å². The van der Waals surface area contributed by atoms with Crippen molar-refractivity contribution in [3.05, 3.63) is 48.0 Å². The van der Waals surface area contributed by atoms with E-state index in [1.807, 2.05) is 12.1 Å². The number of carbonyl (C=O) groups is 1. The van der Waals surface area contributed by atoms with Crippen molar-refractivity contribution in [2.24, 2.45) is 5.92 Å². The van der Waals surface area contributed by atoms with Gasteiger partial charge in [0.05, 0.1) is 18.4 Å². The van der Waals surface area contributed by atoms with Crippen LogP contribution in [0.3, 0.4) is 0 Å². The number of aromatic nitrogens is 1. The molecule has 0 unspecified atom stereocenters. The van der Waals surface area contributed by atoms with Gasteiger partial charge in [0, 0.05) is 12.7 Å². The summed E-state index contributed by atoms with van der Waals surface area (Å²) in [5.41, 5.74) is 0.572. The molecule has 112 valence electrons. The molecule has 0 atom stereocenters. The van der Waals surface area contributed by atoms with Gasteiger partial charge in [0.2, 0.25) is 0 Å². The summed E-state index contributed by atoms with van der Waals surface area (Å²) >= 11 is 0. The molecule has 0 aliphatic carbocycles. The Hall–Kier alpha value is -2.30. The molecule has 0 saturated carbocycles. The molecule has 2 N–H and O–H groups in total. The third-order valence-corrected chi connectivity index (χ3v) is 3.06. The second kappa shape index (κ2) is 7.47. The largest absolute Gasteiger partial charge is 0.467 e. The number of furan rings is 1. The summed E-state index contributed by atoms with van der Waals surface area (Å²) in [6.45, 7) is 5.52. The van der Waals surface area contributed by atoms with Crippen molar-refractivity contribution in [3.8, 4) is 0 Å². The molecule has 0 bridgehead atoms. The van der Waals surface area contributed by atoms with Crippen LogP contribution in [0.1, 0.15) is 36.4 Å². The SMILES string of the molecule is CC(C)CCNC(=O)c1ccc(NCc2ccco2)nc1. The van der Waals surface area contributed by atoms with E-state index in [0.29, 0.717) is 30.4 Å². The number of nitrogens with one attached hydrogen (secondary N) is 2. The number of rotatable bonds is 7. The van der Waals surface area contributed by atoms with Crippen molar-refractivity contribution in [2.45, 2.75) is 26.8 Å². The summed E-state index contributed by atoms with van der Waals surface area (Å²) in [5, 5.41) is 6.02. The van der Waals surface area contributed by atoms with E-state index in [1.54, 1.807) is 24.6 Å². The van der Waals surface area contributed by atoms with Gasteiger partial charge in [0.15, 0.2) is 0 Å². The van der Waals surface area contributed by atoms with Gasteiger partial charge < -0.3 is 15.1 Å². The molecular formula is C16H21N3O2. The van der Waals surface area contributed by atoms with Crippen molar-refractivity contribution in [1.29, 1.82) is 0 Å². The minimum absolute atomic E-state index is 0.0827. The van der Waals surface area contributed by atoms with Gasteiger partial charge in [0.25, 0.3) is 5.91 Å². The Bertz CT molecular complexity index is 547. The van der Waals surface area contributed by atoms with Crippen LogP contribution in [0.5, 0.6) is 0 Å². The fourth-order valence-electron chi connectivity index (χ4n) is 1.80. The van der Waals surface area contributed by atoms with Gasteiger partial charge >= 0.3 is 0 Å². The van der Waals surface area contributed by atoms with E-state index in [0.717, 1.165) is 12.2 Å². The second-order valence-electron chi connectivity index (χ2n) is 5.30. The van der Waals surface area contributed by atoms with E-state index in [2.05, 4.69) is 29.5 Å². The molecule has 2 aromatic rings. The van der Waals surface area contributed by atoms with Crippen LogP contribution in [-0.2, 0) is 6.54 Å². The van der Waals surface area contributed by atoms with Gasteiger partial charge in [-0.2, -0.15) is 0 Å². The molecule has 2 aromatic heterocycles. The summed E-state index contributed by atoms with van der Waals surface area (Å²) in [6, 6.07) is 7.29. The van der Waals surface area contributed by atoms with Gasteiger partial charge in [-0.1, -0.05) is 13.8 Å². The van der Waals surface area contributed by atoms with Crippen LogP contribution in [0.2, 0.25) is 0 Å². The van der Waals surface area contributed by atoms with Gasteiger partial charge in [-0.25, -0.2) is 4.98 Å². The third kappa shape index (κ3) is 4.95. The quantitative estimate of drug-likeness (QED) is 0.821. The lowest BCUT2D eigenvalue weighted by Gasteiger charge is -2.08. The van der Waals surface area contributed by atoms with E-state index in [9.17, 15) is 4.79 Å². The maximum atomic E-state index is 11.9. The van der Waals surface area contributed by atoms with Gasteiger partial charge in [0.1, 0.15) is 11.6 Å². The number of anilines is 1. The number of hydrogen-bond donors (Lipinski definition) is 2. The molecule has 0 aliphatic heterocycles. The Balaban J connectivity index is 1.82. The maximum Gasteiger partial charge on any atom is 0.252 e. The Morgan fingerprint density at radius 1 is 1.33 bits per heavy atom. The monoisotopic (exact) mass is 287 g/mol. The lowest BCUT2D eigenvalue weighted by molar-refractivity contribution is 0.0951. The summed E-state index contributed by atoms with van der Waals surface area (Å²) in [5.74, 6) is 2.05. The first kappa shape index (κ1) is 15.1. The molecule has 5 heteroatoms. The van der Waals surface area contributed by atoms with Gasteiger partial charge in [-0.15, -0.1) is 0 Å². The van der Waals surface area contributed by atoms with Crippen molar-refractivity contribution in [3.63, 3.8) is 0 Å². The fraction of sp³-hybridized carbons (Fsp3) is 0.375. The molecule has 2 rings (SSSR count). The molecule has 0 aliphatic rings. The zero-order valence-electron chi connectivity index (χ0n) is 12.4. The molecule has 0 saturated heterocycles. The van der Waals surface area contributed by atoms with Gasteiger partial charge in [-0.3, -0.25) is 4.79 Å². The molecule has 21 heavy (non-hydrogen) atoms. The molecule has 0 radical (unpaired) electrons. The Morgan fingerprint density at radius 3 is 2.81 bits per heavy atom. The number of carbonyl (C=O) groups excluding carboxylic acids is 1. The van der Waals surface area contributed by atoms with E-state index in [1.165, 1.54) is 0 Å². The van der Waals surface area contributed by atoms with Crippen LogP contribution < -0.4 is 10.6 Å². The first-order chi connectivity index (χ1) is 10.1. The van der Waals surface area contributed by atoms with Crippen molar-refractivity contribution in [1.82, 2.24) is 10.3 Å². The van der Waals surface area contributed by atoms with Gasteiger partial charge in [-0.05, 0) is 36.6 Å². The zero-order valence-corrected chi connectivity index (χ0v) is 12.4. The highest BCUT2D eigenvalue weighted by Crippen LogP contribution is 2.08. The van der Waals surface area contributed by atoms with Crippen LogP contribution in [0.25, 0.3) is 0 Å². The van der Waals surface area contributed by atoms with Crippen molar-refractivity contribution < 1.29 is 9.21 Å². The normalized spacial score (nSPS) is 10.6. The molecule has 1 amide bonds. The fourth-order valence-corrected chi connectivity index (χ4v) is 1.80. The number of amides is 1. The third-order valence-electron chi connectivity index (χ3n) is 3.06. The number of nitrogens with zero attached hydrogens (tertiary/aromatic N) is 1. The molecule has 0 fully saturated rings. The summed E-state index contributed by atoms with van der Waals surface area (Å²) < 4.78 is 5.23. The molecule has 5 nitrogen and oxygen atoms in total. The first-order valence-electron chi connectivity index (χ1n) is 7.15.